The summed E-state index contributed by atoms with van der Waals surface area (Å²) in [4.78, 5) is 93.8. The molecule has 11 heterocycles. The van der Waals surface area contributed by atoms with Crippen molar-refractivity contribution in [2.45, 2.75) is 154 Å². The first-order valence-corrected chi connectivity index (χ1v) is 50.3. The molecular formula is C113H108Cl6N14O12. The van der Waals surface area contributed by atoms with E-state index in [1.165, 1.54) is 24.3 Å². The molecular weight excluding hydrogens is 1960 g/mol. The molecule has 3 aliphatic rings. The highest BCUT2D eigenvalue weighted by molar-refractivity contribution is 6.37. The van der Waals surface area contributed by atoms with Crippen LogP contribution >= 0.6 is 69.6 Å². The van der Waals surface area contributed by atoms with Gasteiger partial charge in [-0.05, 0) is 313 Å². The molecule has 3 N–H and O–H groups in total. The maximum Gasteiger partial charge on any atom is 0.337 e. The molecule has 2 atom stereocenters. The van der Waals surface area contributed by atoms with Gasteiger partial charge in [-0.2, -0.15) is 15.3 Å². The van der Waals surface area contributed by atoms with Crippen molar-refractivity contribution in [3.05, 3.63) is 306 Å². The summed E-state index contributed by atoms with van der Waals surface area (Å²) in [6.45, 7) is 31.0. The Balaban J connectivity index is 0.000000143. The van der Waals surface area contributed by atoms with E-state index in [1.54, 1.807) is 63.5 Å². The molecule has 0 saturated heterocycles. The Morgan fingerprint density at radius 1 is 0.379 bits per heavy atom. The number of aryl methyl sites for hydroxylation is 15. The number of carbonyl (C=O) groups excluding carboxylic acids is 3. The van der Waals surface area contributed by atoms with Gasteiger partial charge in [0.1, 0.15) is 34.3 Å². The summed E-state index contributed by atoms with van der Waals surface area (Å²) in [5, 5.41) is 51.2. The van der Waals surface area contributed by atoms with Gasteiger partial charge in [-0.15, -0.1) is 0 Å². The van der Waals surface area contributed by atoms with Crippen LogP contribution in [0.2, 0.25) is 30.1 Å². The zero-order valence-electron chi connectivity index (χ0n) is 83.4. The van der Waals surface area contributed by atoms with Crippen molar-refractivity contribution in [3.63, 3.8) is 0 Å². The van der Waals surface area contributed by atoms with Gasteiger partial charge in [0, 0.05) is 170 Å². The lowest BCUT2D eigenvalue weighted by molar-refractivity contribution is 0.0686. The van der Waals surface area contributed by atoms with Crippen LogP contribution in [0, 0.1) is 83.1 Å². The van der Waals surface area contributed by atoms with Crippen molar-refractivity contribution in [2.24, 2.45) is 21.1 Å². The van der Waals surface area contributed by atoms with E-state index in [1.807, 2.05) is 203 Å². The molecule has 145 heavy (non-hydrogen) atoms. The van der Waals surface area contributed by atoms with Crippen molar-refractivity contribution < 1.29 is 58.3 Å². The van der Waals surface area contributed by atoms with Crippen molar-refractivity contribution in [2.75, 3.05) is 54.2 Å². The lowest BCUT2D eigenvalue weighted by Crippen LogP contribution is -2.42. The van der Waals surface area contributed by atoms with Crippen LogP contribution in [0.5, 0.6) is 17.2 Å². The number of rotatable bonds is 24. The predicted molar refractivity (Wildman–Crippen MR) is 575 cm³/mol. The summed E-state index contributed by atoms with van der Waals surface area (Å²) in [6.07, 6.45) is 6.86. The molecule has 0 saturated carbocycles. The van der Waals surface area contributed by atoms with E-state index in [0.29, 0.717) is 156 Å². The zero-order valence-corrected chi connectivity index (χ0v) is 87.9. The standard InChI is InChI=1S/C39H37Cl2N5O4.C38H35Cl2N5O4.C36H36Cl2N4O4/c1-20-17-25(18-21(2)34(20)41)50-16-8-10-26-27-11-13-30(40)33(32-23(4)43-44(6)24(32)5)36(27)46-22(3)19-45(38(47)37(26)46)31-14-12-29(39(48)49)35-28(31)9-7-15-42-35;1-20-18-24(19-21(2)33(20)40)49-17-7-9-25-26-10-12-29(39)32(31-22(3)42-43(5)23(31)4)35(26)45-16-15-44(37(46)36(25)45)30-13-11-28(38(47)48)34-27(30)8-6-14-41-34;1-19-16-26(17-20(2)32(19)38)46-15-7-8-27-28-13-14-29(37)31(30-22(4)39-40(6)23(30)5)33(28)42-21(3)18-41(35(43)34(27)42)25-11-9-24(10-12-25)36(44)45/h7,9,11-15,17-18,22H,8,10,16,19H2,1-6H3,(H,48,49);6,8,10-14,18-19H,7,9,15-17H2,1-5H3,(H,47,48);9-14,16-17,21H,7-8,15,18H2,1-6H3,(H,44,45)/t22-;;21-/m0.0/s1. The first kappa shape index (κ1) is 101. The molecule has 3 aliphatic heterocycles. The molecule has 32 heteroatoms. The summed E-state index contributed by atoms with van der Waals surface area (Å²) in [5.74, 6) is -1.36. The quantitative estimate of drug-likeness (QED) is 0.0474. The number of hydrogen-bond donors (Lipinski definition) is 3. The molecule has 0 radical (unpaired) electrons. The van der Waals surface area contributed by atoms with Crippen LogP contribution < -0.4 is 28.9 Å². The first-order chi connectivity index (χ1) is 69.2. The Bertz CT molecular complexity index is 8180. The molecule has 0 unspecified atom stereocenters. The highest BCUT2D eigenvalue weighted by Crippen LogP contribution is 2.51. The number of ether oxygens (including phenoxy) is 3. The molecule has 3 amide bonds. The second-order valence-electron chi connectivity index (χ2n) is 37.8. The van der Waals surface area contributed by atoms with Crippen LogP contribution in [0.15, 0.2) is 158 Å². The van der Waals surface area contributed by atoms with Crippen LogP contribution in [0.1, 0.15) is 192 Å². The lowest BCUT2D eigenvalue weighted by Gasteiger charge is -2.35. The smallest absolute Gasteiger partial charge is 0.337 e. The van der Waals surface area contributed by atoms with E-state index < -0.39 is 17.9 Å². The van der Waals surface area contributed by atoms with Gasteiger partial charge in [0.2, 0.25) is 0 Å². The minimum atomic E-state index is -1.07. The van der Waals surface area contributed by atoms with Crippen LogP contribution in [0.4, 0.5) is 17.1 Å². The number of pyridine rings is 2. The van der Waals surface area contributed by atoms with Gasteiger partial charge < -0.3 is 57.9 Å². The summed E-state index contributed by atoms with van der Waals surface area (Å²) >= 11 is 40.2. The third-order valence-electron chi connectivity index (χ3n) is 28.4. The van der Waals surface area contributed by atoms with E-state index in [9.17, 15) is 44.1 Å². The Morgan fingerprint density at radius 3 is 1.08 bits per heavy atom. The third kappa shape index (κ3) is 18.3. The highest BCUT2D eigenvalue weighted by Gasteiger charge is 2.42. The predicted octanol–water partition coefficient (Wildman–Crippen LogP) is 26.1. The van der Waals surface area contributed by atoms with Gasteiger partial charge in [-0.25, -0.2) is 14.4 Å². The minimum Gasteiger partial charge on any atom is -0.494 e. The third-order valence-corrected chi connectivity index (χ3v) is 31.1. The molecule has 0 aliphatic carbocycles. The molecule has 0 bridgehead atoms. The number of amides is 3. The highest BCUT2D eigenvalue weighted by atomic mass is 35.5. The fraction of sp³-hybridized carbons (Fsp3) is 0.283. The SMILES string of the molecule is Cc1cc(OCCCc2c3n(c4c(-c5c(C)nn(C)c5C)c(Cl)ccc24)CCN(c2ccc(C(=O)O)c4ncccc24)C3=O)cc(C)c1Cl.Cc1cc(OCCCc2c3n(c4c(-c5c(C)nn(C)c5C)c(Cl)ccc24)[C@@H](C)CN(c2ccc(C(=O)O)c4ncccc24)C3=O)cc(C)c1Cl.Cc1cc(OCCCc2c3n(c4c(-c5c(C)nn(C)c5C)c(Cl)ccc24)[C@@H](C)CN(c2ccc(C(=O)O)cc2)C3=O)cc(C)c1Cl. The van der Waals surface area contributed by atoms with E-state index >= 15 is 0 Å². The number of aromatic carboxylic acids is 3. The Hall–Kier alpha value is -14.0. The molecule has 0 spiro atoms. The number of nitrogens with zero attached hydrogens (tertiary/aromatic N) is 14. The number of carboxylic acids is 3. The maximum absolute atomic E-state index is 14.9. The summed E-state index contributed by atoms with van der Waals surface area (Å²) in [6, 6.07) is 43.2. The van der Waals surface area contributed by atoms with E-state index in [-0.39, 0.29) is 46.5 Å². The number of benzene rings is 9. The second-order valence-corrected chi connectivity index (χ2v) is 40.2. The minimum absolute atomic E-state index is 0.0872. The number of fused-ring (bicyclic) bond motifs is 11. The number of anilines is 3. The largest absolute Gasteiger partial charge is 0.494 e. The van der Waals surface area contributed by atoms with Crippen molar-refractivity contribution in [1.82, 2.24) is 53.0 Å². The van der Waals surface area contributed by atoms with Gasteiger partial charge in [-0.3, -0.25) is 38.4 Å². The van der Waals surface area contributed by atoms with Gasteiger partial charge in [0.25, 0.3) is 17.7 Å². The molecule has 9 aromatic carbocycles. The number of hydrogen-bond acceptors (Lipinski definition) is 14. The summed E-state index contributed by atoms with van der Waals surface area (Å²) in [7, 11) is 5.75. The van der Waals surface area contributed by atoms with Gasteiger partial charge in [-0.1, -0.05) is 87.8 Å². The normalized spacial score (nSPS) is 14.1. The van der Waals surface area contributed by atoms with Crippen LogP contribution in [0.3, 0.4) is 0 Å². The van der Waals surface area contributed by atoms with Crippen molar-refractivity contribution >= 4 is 177 Å². The number of carboxylic acid groups (broad SMARTS) is 3. The molecule has 20 rings (SSSR count). The topological polar surface area (TPSA) is 295 Å². The Morgan fingerprint density at radius 2 is 0.717 bits per heavy atom. The molecule has 17 aromatic rings. The average molecular weight is 2070 g/mol. The molecule has 0 fully saturated rings. The maximum atomic E-state index is 14.9. The second kappa shape index (κ2) is 40.5. The Labute approximate surface area is 868 Å². The van der Waals surface area contributed by atoms with Gasteiger partial charge >= 0.3 is 17.9 Å². The first-order valence-electron chi connectivity index (χ1n) is 48.0. The zero-order chi connectivity index (χ0) is 103. The number of aromatic nitrogens is 11. The summed E-state index contributed by atoms with van der Waals surface area (Å²) in [5.41, 5.74) is 26.9. The van der Waals surface area contributed by atoms with Crippen LogP contribution in [0.25, 0.3) is 87.9 Å². The average Bonchev–Trinajstić information content (AvgIpc) is 1.54. The summed E-state index contributed by atoms with van der Waals surface area (Å²) < 4.78 is 30.5. The number of carbonyl (C=O) groups is 6. The lowest BCUT2D eigenvalue weighted by atomic mass is 9.98. The van der Waals surface area contributed by atoms with Crippen LogP contribution in [-0.4, -0.2) is 143 Å². The fourth-order valence-corrected chi connectivity index (χ4v) is 22.5. The number of halogens is 6. The van der Waals surface area contributed by atoms with Gasteiger partial charge in [0.05, 0.1) is 108 Å². The van der Waals surface area contributed by atoms with E-state index in [2.05, 4.69) is 47.7 Å². The van der Waals surface area contributed by atoms with E-state index in [0.717, 1.165) is 183 Å². The fourth-order valence-electron chi connectivity index (χ4n) is 21.5. The molecule has 744 valence electrons. The van der Waals surface area contributed by atoms with Crippen molar-refractivity contribution in [1.29, 1.82) is 0 Å². The molecule has 8 aromatic heterocycles. The Kier molecular flexibility index (Phi) is 28.3. The van der Waals surface area contributed by atoms with Gasteiger partial charge in [0.15, 0.2) is 0 Å². The van der Waals surface area contributed by atoms with E-state index in [4.69, 9.17) is 88.9 Å². The van der Waals surface area contributed by atoms with Crippen molar-refractivity contribution in [3.8, 4) is 50.6 Å². The molecule has 26 nitrogen and oxygen atoms in total. The monoisotopic (exact) mass is 2060 g/mol. The van der Waals surface area contributed by atoms with Crippen LogP contribution in [-0.2, 0) is 47.0 Å².